The van der Waals surface area contributed by atoms with Crippen LogP contribution in [0.2, 0.25) is 0 Å². The van der Waals surface area contributed by atoms with Crippen molar-refractivity contribution in [2.75, 3.05) is 11.9 Å². The summed E-state index contributed by atoms with van der Waals surface area (Å²) in [5.41, 5.74) is 2.58. The number of nitrogens with one attached hydrogen (secondary N) is 2. The Labute approximate surface area is 192 Å². The van der Waals surface area contributed by atoms with E-state index in [4.69, 9.17) is 12.2 Å². The Morgan fingerprint density at radius 3 is 2.66 bits per heavy atom. The number of carbonyl (C=O) groups is 1. The number of benzene rings is 1. The molecule has 1 aliphatic rings. The van der Waals surface area contributed by atoms with Gasteiger partial charge in [0.15, 0.2) is 5.11 Å². The molecular weight excluding hydrogens is 425 g/mol. The molecule has 32 heavy (non-hydrogen) atoms. The molecule has 3 aromatic rings. The molecular formula is C24H26FN5OS. The monoisotopic (exact) mass is 451 g/mol. The van der Waals surface area contributed by atoms with Gasteiger partial charge >= 0.3 is 0 Å². The molecule has 1 saturated heterocycles. The lowest BCUT2D eigenvalue weighted by Gasteiger charge is -2.27. The number of aromatic nitrogens is 2. The minimum atomic E-state index is -0.340. The molecule has 0 bridgehead atoms. The second kappa shape index (κ2) is 9.48. The van der Waals surface area contributed by atoms with Crippen LogP contribution >= 0.6 is 12.2 Å². The number of anilines is 1. The van der Waals surface area contributed by atoms with Gasteiger partial charge < -0.3 is 20.1 Å². The Morgan fingerprint density at radius 1 is 1.22 bits per heavy atom. The lowest BCUT2D eigenvalue weighted by atomic mass is 9.99. The van der Waals surface area contributed by atoms with E-state index in [-0.39, 0.29) is 30.2 Å². The molecule has 3 heterocycles. The van der Waals surface area contributed by atoms with Gasteiger partial charge in [0.25, 0.3) is 0 Å². The number of pyridine rings is 1. The zero-order chi connectivity index (χ0) is 22.7. The van der Waals surface area contributed by atoms with Crippen molar-refractivity contribution in [2.24, 2.45) is 0 Å². The summed E-state index contributed by atoms with van der Waals surface area (Å²) in [4.78, 5) is 19.1. The van der Waals surface area contributed by atoms with Gasteiger partial charge in [-0.1, -0.05) is 6.07 Å². The third-order valence-electron chi connectivity index (χ3n) is 5.58. The maximum absolute atomic E-state index is 13.1. The van der Waals surface area contributed by atoms with Crippen LogP contribution < -0.4 is 10.6 Å². The maximum Gasteiger partial charge on any atom is 0.226 e. The molecule has 0 saturated carbocycles. The first-order valence-corrected chi connectivity index (χ1v) is 11.0. The van der Waals surface area contributed by atoms with Crippen LogP contribution in [0.3, 0.4) is 0 Å². The molecule has 6 nitrogen and oxygen atoms in total. The van der Waals surface area contributed by atoms with E-state index in [2.05, 4.69) is 57.4 Å². The van der Waals surface area contributed by atoms with Gasteiger partial charge in [-0.05, 0) is 74.1 Å². The number of amides is 1. The van der Waals surface area contributed by atoms with Crippen molar-refractivity contribution in [2.45, 2.75) is 38.4 Å². The van der Waals surface area contributed by atoms with E-state index in [0.717, 1.165) is 11.3 Å². The largest absolute Gasteiger partial charge is 0.352 e. The molecule has 2 aromatic heterocycles. The van der Waals surface area contributed by atoms with Crippen LogP contribution in [0.15, 0.2) is 67.1 Å². The predicted molar refractivity (Wildman–Crippen MR) is 127 cm³/mol. The summed E-state index contributed by atoms with van der Waals surface area (Å²) in [7, 11) is 0. The molecule has 2 N–H and O–H groups in total. The molecule has 0 radical (unpaired) electrons. The van der Waals surface area contributed by atoms with Crippen molar-refractivity contribution in [3.63, 3.8) is 0 Å². The van der Waals surface area contributed by atoms with E-state index in [9.17, 15) is 9.18 Å². The highest BCUT2D eigenvalue weighted by Gasteiger charge is 2.40. The van der Waals surface area contributed by atoms with Crippen LogP contribution in [-0.4, -0.2) is 32.0 Å². The summed E-state index contributed by atoms with van der Waals surface area (Å²) in [6.45, 7) is 4.71. The number of hydrogen-bond acceptors (Lipinski definition) is 3. The van der Waals surface area contributed by atoms with Gasteiger partial charge in [0.05, 0.1) is 17.8 Å². The Balaban J connectivity index is 1.53. The topological polar surface area (TPSA) is 62.2 Å². The van der Waals surface area contributed by atoms with E-state index in [0.29, 0.717) is 23.4 Å². The fourth-order valence-electron chi connectivity index (χ4n) is 3.91. The normalized spacial score (nSPS) is 18.1. The standard InChI is InChI=1S/C24H26FN5OS/c1-16(2)29-13-10-17(15-29)23-22(20-5-3-4-12-26-20)28-24(32)30(23)14-11-21(31)27-19-8-6-18(25)7-9-19/h3-10,12-13,15-16,22-23H,11,14H2,1-2H3,(H,27,31)(H,28,32)/t22-,23-/m1/s1. The van der Waals surface area contributed by atoms with Crippen molar-refractivity contribution in [1.82, 2.24) is 19.8 Å². The van der Waals surface area contributed by atoms with Crippen molar-refractivity contribution >= 4 is 28.9 Å². The van der Waals surface area contributed by atoms with Gasteiger partial charge in [-0.15, -0.1) is 0 Å². The maximum atomic E-state index is 13.1. The predicted octanol–water partition coefficient (Wildman–Crippen LogP) is 4.60. The Hall–Kier alpha value is -3.26. The summed E-state index contributed by atoms with van der Waals surface area (Å²) >= 11 is 5.66. The Kier molecular flexibility index (Phi) is 6.50. The Morgan fingerprint density at radius 2 is 2.00 bits per heavy atom. The Bertz CT molecular complexity index is 1080. The minimum Gasteiger partial charge on any atom is -0.352 e. The molecule has 1 aliphatic heterocycles. The molecule has 1 fully saturated rings. The molecule has 0 aliphatic carbocycles. The van der Waals surface area contributed by atoms with Crippen LogP contribution in [-0.2, 0) is 4.79 Å². The summed E-state index contributed by atoms with van der Waals surface area (Å²) in [6.07, 6.45) is 6.22. The zero-order valence-electron chi connectivity index (χ0n) is 18.0. The van der Waals surface area contributed by atoms with E-state index in [1.54, 1.807) is 18.3 Å². The van der Waals surface area contributed by atoms with Crippen molar-refractivity contribution < 1.29 is 9.18 Å². The first-order valence-electron chi connectivity index (χ1n) is 10.6. The number of halogens is 1. The van der Waals surface area contributed by atoms with E-state index in [1.807, 2.05) is 18.2 Å². The smallest absolute Gasteiger partial charge is 0.226 e. The fraction of sp³-hybridized carbons (Fsp3) is 0.292. The van der Waals surface area contributed by atoms with Crippen LogP contribution in [0.25, 0.3) is 0 Å². The zero-order valence-corrected chi connectivity index (χ0v) is 18.8. The van der Waals surface area contributed by atoms with Crippen molar-refractivity contribution in [1.29, 1.82) is 0 Å². The van der Waals surface area contributed by atoms with Gasteiger partial charge in [0.1, 0.15) is 5.82 Å². The number of rotatable bonds is 7. The lowest BCUT2D eigenvalue weighted by molar-refractivity contribution is -0.116. The number of carbonyl (C=O) groups excluding carboxylic acids is 1. The van der Waals surface area contributed by atoms with E-state index >= 15 is 0 Å². The second-order valence-electron chi connectivity index (χ2n) is 8.11. The average Bonchev–Trinajstić information content (AvgIpc) is 3.39. The molecule has 8 heteroatoms. The first-order chi connectivity index (χ1) is 15.4. The van der Waals surface area contributed by atoms with E-state index in [1.165, 1.54) is 12.1 Å². The molecule has 1 amide bonds. The molecule has 0 spiro atoms. The first kappa shape index (κ1) is 22.0. The van der Waals surface area contributed by atoms with Crippen LogP contribution in [0.5, 0.6) is 0 Å². The van der Waals surface area contributed by atoms with Gasteiger partial charge in [-0.2, -0.15) is 0 Å². The van der Waals surface area contributed by atoms with Crippen LogP contribution in [0, 0.1) is 5.82 Å². The molecule has 2 atom stereocenters. The highest BCUT2D eigenvalue weighted by Crippen LogP contribution is 2.39. The van der Waals surface area contributed by atoms with Gasteiger partial charge in [-0.3, -0.25) is 9.78 Å². The fourth-order valence-corrected chi connectivity index (χ4v) is 4.25. The highest BCUT2D eigenvalue weighted by atomic mass is 32.1. The summed E-state index contributed by atoms with van der Waals surface area (Å²) < 4.78 is 15.3. The van der Waals surface area contributed by atoms with Crippen molar-refractivity contribution in [3.05, 3.63) is 84.2 Å². The number of thiocarbonyl (C=S) groups is 1. The summed E-state index contributed by atoms with van der Waals surface area (Å²) in [6, 6.07) is 13.8. The SMILES string of the molecule is CC(C)n1ccc([C@@H]2[C@@H](c3ccccn3)NC(=S)N2CCC(=O)Nc2ccc(F)cc2)c1. The van der Waals surface area contributed by atoms with Gasteiger partial charge in [0, 0.05) is 43.3 Å². The highest BCUT2D eigenvalue weighted by molar-refractivity contribution is 7.80. The molecule has 166 valence electrons. The average molecular weight is 452 g/mol. The molecule has 4 rings (SSSR count). The third-order valence-corrected chi connectivity index (χ3v) is 5.93. The summed E-state index contributed by atoms with van der Waals surface area (Å²) in [5, 5.41) is 6.81. The third kappa shape index (κ3) is 4.80. The van der Waals surface area contributed by atoms with Gasteiger partial charge in [0.2, 0.25) is 5.91 Å². The number of hydrogen-bond donors (Lipinski definition) is 2. The second-order valence-corrected chi connectivity index (χ2v) is 8.50. The van der Waals surface area contributed by atoms with Gasteiger partial charge in [-0.25, -0.2) is 4.39 Å². The molecule has 0 unspecified atom stereocenters. The summed E-state index contributed by atoms with van der Waals surface area (Å²) in [5.74, 6) is -0.493. The number of nitrogens with zero attached hydrogens (tertiary/aromatic N) is 3. The van der Waals surface area contributed by atoms with E-state index < -0.39 is 0 Å². The lowest BCUT2D eigenvalue weighted by Crippen LogP contribution is -2.32. The minimum absolute atomic E-state index is 0.0870. The quantitative estimate of drug-likeness (QED) is 0.514. The van der Waals surface area contributed by atoms with Crippen molar-refractivity contribution in [3.8, 4) is 0 Å². The van der Waals surface area contributed by atoms with Crippen LogP contribution in [0.4, 0.5) is 10.1 Å². The molecule has 1 aromatic carbocycles. The van der Waals surface area contributed by atoms with Crippen LogP contribution in [0.1, 0.15) is 49.7 Å².